The molecule has 0 aliphatic rings. The van der Waals surface area contributed by atoms with Crippen LogP contribution in [0.1, 0.15) is 12.5 Å². The fourth-order valence-corrected chi connectivity index (χ4v) is 3.20. The largest absolute Gasteiger partial charge is 0.480 e. The molecule has 6 heteroatoms. The van der Waals surface area contributed by atoms with Crippen molar-refractivity contribution < 1.29 is 14.3 Å². The van der Waals surface area contributed by atoms with Gasteiger partial charge in [0, 0.05) is 15.6 Å². The van der Waals surface area contributed by atoms with Crippen LogP contribution < -0.4 is 0 Å². The Bertz CT molecular complexity index is 825. The molecule has 0 aliphatic heterocycles. The van der Waals surface area contributed by atoms with E-state index in [0.29, 0.717) is 16.7 Å². The normalized spacial score (nSPS) is 12.1. The second kappa shape index (κ2) is 7.45. The summed E-state index contributed by atoms with van der Waals surface area (Å²) in [6.45, 7) is 3.64. The number of halogens is 1. The summed E-state index contributed by atoms with van der Waals surface area (Å²) in [4.78, 5) is 15.7. The second-order valence-corrected chi connectivity index (χ2v) is 7.84. The first kappa shape index (κ1) is 17.8. The molecule has 25 heavy (non-hydrogen) atoms. The third kappa shape index (κ3) is 4.14. The Labute approximate surface area is 158 Å². The molecule has 1 aromatic heterocycles. The van der Waals surface area contributed by atoms with Gasteiger partial charge in [0.15, 0.2) is 5.76 Å². The quantitative estimate of drug-likeness (QED) is 0.543. The fraction of sp³-hybridized carbons (Fsp3) is 0.158. The van der Waals surface area contributed by atoms with Crippen molar-refractivity contribution in [3.8, 4) is 22.6 Å². The summed E-state index contributed by atoms with van der Waals surface area (Å²) in [7, 11) is 0. The van der Waals surface area contributed by atoms with E-state index in [-0.39, 0.29) is 0 Å². The zero-order chi connectivity index (χ0) is 18.0. The van der Waals surface area contributed by atoms with E-state index in [0.717, 1.165) is 32.9 Å². The van der Waals surface area contributed by atoms with Gasteiger partial charge in [0.2, 0.25) is 0 Å². The van der Waals surface area contributed by atoms with Gasteiger partial charge in [0.1, 0.15) is 10.9 Å². The monoisotopic (exact) mass is 417 g/mol. The molecular weight excluding hydrogens is 402 g/mol. The zero-order valence-corrected chi connectivity index (χ0v) is 16.1. The minimum Gasteiger partial charge on any atom is -0.480 e. The van der Waals surface area contributed by atoms with Crippen molar-refractivity contribution in [1.29, 1.82) is 0 Å². The Kier molecular flexibility index (Phi) is 5.30. The first-order valence-electron chi connectivity index (χ1n) is 7.67. The van der Waals surface area contributed by atoms with Crippen LogP contribution in [0.5, 0.6) is 0 Å². The molecule has 0 saturated carbocycles. The van der Waals surface area contributed by atoms with Gasteiger partial charge in [-0.2, -0.15) is 0 Å². The fourth-order valence-electron chi connectivity index (χ4n) is 2.26. The van der Waals surface area contributed by atoms with E-state index in [9.17, 15) is 4.79 Å². The number of thioether (sulfide) groups is 1. The Balaban J connectivity index is 2.07. The summed E-state index contributed by atoms with van der Waals surface area (Å²) in [6, 6.07) is 15.8. The number of nitrogens with zero attached hydrogens (tertiary/aromatic N) is 1. The van der Waals surface area contributed by atoms with Crippen molar-refractivity contribution in [1.82, 2.24) is 4.98 Å². The molecule has 3 aromatic rings. The van der Waals surface area contributed by atoms with Gasteiger partial charge >= 0.3 is 5.97 Å². The molecule has 0 spiro atoms. The van der Waals surface area contributed by atoms with E-state index < -0.39 is 11.2 Å². The van der Waals surface area contributed by atoms with Gasteiger partial charge < -0.3 is 9.52 Å². The number of aliphatic carboxylic acids is 1. The van der Waals surface area contributed by atoms with Crippen molar-refractivity contribution in [2.75, 3.05) is 0 Å². The lowest BCUT2D eigenvalue weighted by Gasteiger charge is -2.02. The molecule has 0 amide bonds. The van der Waals surface area contributed by atoms with E-state index in [4.69, 9.17) is 9.52 Å². The Morgan fingerprint density at radius 2 is 1.72 bits per heavy atom. The summed E-state index contributed by atoms with van der Waals surface area (Å²) in [6.07, 6.45) is 0. The number of benzene rings is 2. The molecule has 4 nitrogen and oxygen atoms in total. The second-order valence-electron chi connectivity index (χ2n) is 5.63. The lowest BCUT2D eigenvalue weighted by Crippen LogP contribution is -2.10. The molecule has 1 N–H and O–H groups in total. The van der Waals surface area contributed by atoms with Gasteiger partial charge in [-0.25, -0.2) is 4.98 Å². The third-order valence-electron chi connectivity index (χ3n) is 3.66. The van der Waals surface area contributed by atoms with Crippen LogP contribution in [0.3, 0.4) is 0 Å². The highest BCUT2D eigenvalue weighted by atomic mass is 79.9. The number of hydrogen-bond acceptors (Lipinski definition) is 4. The number of carboxylic acids is 1. The summed E-state index contributed by atoms with van der Waals surface area (Å²) in [5, 5.41) is 8.83. The number of oxazole rings is 1. The van der Waals surface area contributed by atoms with Crippen LogP contribution in [-0.4, -0.2) is 21.3 Å². The smallest absolute Gasteiger partial charge is 0.316 e. The lowest BCUT2D eigenvalue weighted by molar-refractivity contribution is -0.136. The van der Waals surface area contributed by atoms with Crippen molar-refractivity contribution in [3.63, 3.8) is 0 Å². The number of aromatic nitrogens is 1. The van der Waals surface area contributed by atoms with Crippen LogP contribution in [0.25, 0.3) is 22.6 Å². The number of carbonyl (C=O) groups is 1. The third-order valence-corrected chi connectivity index (χ3v) is 5.12. The topological polar surface area (TPSA) is 63.3 Å². The Morgan fingerprint density at radius 1 is 1.12 bits per heavy atom. The molecule has 0 saturated heterocycles. The first-order valence-corrected chi connectivity index (χ1v) is 9.34. The van der Waals surface area contributed by atoms with E-state index in [1.165, 1.54) is 0 Å². The summed E-state index contributed by atoms with van der Waals surface area (Å²) < 4.78 is 6.89. The van der Waals surface area contributed by atoms with Crippen LogP contribution in [0.2, 0.25) is 0 Å². The predicted octanol–water partition coefficient (Wildman–Crippen LogP) is 5.64. The standard InChI is InChI=1S/C19H16BrNO3S/c1-11-3-5-13(6-4-11)16-17(14-7-9-15(20)10-8-14)24-19(21-16)25-12(2)18(22)23/h3-10,12H,1-2H3,(H,22,23). The van der Waals surface area contributed by atoms with E-state index >= 15 is 0 Å². The Hall–Kier alpha value is -2.05. The van der Waals surface area contributed by atoms with Gasteiger partial charge in [-0.05, 0) is 26.0 Å². The average Bonchev–Trinajstić information content (AvgIpc) is 3.00. The average molecular weight is 418 g/mol. The number of rotatable bonds is 5. The SMILES string of the molecule is Cc1ccc(-c2nc(SC(C)C(=O)O)oc2-c2ccc(Br)cc2)cc1. The van der Waals surface area contributed by atoms with Crippen LogP contribution in [0.15, 0.2) is 62.6 Å². The summed E-state index contributed by atoms with van der Waals surface area (Å²) in [5.41, 5.74) is 3.69. The highest BCUT2D eigenvalue weighted by molar-refractivity contribution is 9.10. The number of carboxylic acid groups (broad SMARTS) is 1. The maximum Gasteiger partial charge on any atom is 0.316 e. The van der Waals surface area contributed by atoms with Crippen LogP contribution in [0, 0.1) is 6.92 Å². The van der Waals surface area contributed by atoms with Gasteiger partial charge in [-0.1, -0.05) is 69.7 Å². The molecule has 1 unspecified atom stereocenters. The van der Waals surface area contributed by atoms with Crippen molar-refractivity contribution in [2.24, 2.45) is 0 Å². The highest BCUT2D eigenvalue weighted by Crippen LogP contribution is 2.37. The molecule has 0 bridgehead atoms. The number of aryl methyl sites for hydroxylation is 1. The van der Waals surface area contributed by atoms with E-state index in [1.54, 1.807) is 6.92 Å². The van der Waals surface area contributed by atoms with Crippen molar-refractivity contribution in [2.45, 2.75) is 24.3 Å². The summed E-state index contributed by atoms with van der Waals surface area (Å²) >= 11 is 4.52. The van der Waals surface area contributed by atoms with E-state index in [1.807, 2.05) is 55.5 Å². The predicted molar refractivity (Wildman–Crippen MR) is 103 cm³/mol. The Morgan fingerprint density at radius 3 is 2.32 bits per heavy atom. The molecular formula is C19H16BrNO3S. The molecule has 0 aliphatic carbocycles. The van der Waals surface area contributed by atoms with Gasteiger partial charge in [-0.3, -0.25) is 4.79 Å². The highest BCUT2D eigenvalue weighted by Gasteiger charge is 2.21. The number of hydrogen-bond donors (Lipinski definition) is 1. The van der Waals surface area contributed by atoms with E-state index in [2.05, 4.69) is 20.9 Å². The molecule has 1 atom stereocenters. The van der Waals surface area contributed by atoms with Crippen molar-refractivity contribution >= 4 is 33.7 Å². The van der Waals surface area contributed by atoms with Gasteiger partial charge in [-0.15, -0.1) is 0 Å². The maximum atomic E-state index is 11.1. The minimum atomic E-state index is -0.898. The molecule has 128 valence electrons. The van der Waals surface area contributed by atoms with Crippen LogP contribution >= 0.6 is 27.7 Å². The molecule has 0 fully saturated rings. The molecule has 3 rings (SSSR count). The molecule has 0 radical (unpaired) electrons. The van der Waals surface area contributed by atoms with Crippen molar-refractivity contribution in [3.05, 3.63) is 58.6 Å². The molecule has 2 aromatic carbocycles. The van der Waals surface area contributed by atoms with Gasteiger partial charge in [0.05, 0.1) is 0 Å². The first-order chi connectivity index (χ1) is 11.9. The minimum absolute atomic E-state index is 0.350. The molecule has 1 heterocycles. The lowest BCUT2D eigenvalue weighted by atomic mass is 10.0. The maximum absolute atomic E-state index is 11.1. The zero-order valence-electron chi connectivity index (χ0n) is 13.7. The van der Waals surface area contributed by atoms with Crippen LogP contribution in [0.4, 0.5) is 0 Å². The summed E-state index contributed by atoms with van der Waals surface area (Å²) in [5.74, 6) is -0.262. The van der Waals surface area contributed by atoms with Crippen LogP contribution in [-0.2, 0) is 4.79 Å². The van der Waals surface area contributed by atoms with Gasteiger partial charge in [0.25, 0.3) is 5.22 Å².